The number of nitrogens with one attached hydrogen (secondary N) is 2. The van der Waals surface area contributed by atoms with E-state index < -0.39 is 17.7 Å². The molecule has 0 aliphatic heterocycles. The second-order valence-corrected chi connectivity index (χ2v) is 5.10. The molecule has 2 amide bonds. The largest absolute Gasteiger partial charge is 0.323 e. The second kappa shape index (κ2) is 6.19. The maximum absolute atomic E-state index is 13.1. The van der Waals surface area contributed by atoms with Gasteiger partial charge in [0.1, 0.15) is 11.6 Å². The van der Waals surface area contributed by atoms with Crippen molar-refractivity contribution in [2.45, 2.75) is 0 Å². The Morgan fingerprint density at radius 3 is 2.50 bits per heavy atom. The highest BCUT2D eigenvalue weighted by atomic mass is 79.9. The molecule has 0 bridgehead atoms. The van der Waals surface area contributed by atoms with Crippen LogP contribution in [0.1, 0.15) is 0 Å². The summed E-state index contributed by atoms with van der Waals surface area (Å²) in [4.78, 5) is 11.8. The van der Waals surface area contributed by atoms with Gasteiger partial charge >= 0.3 is 6.03 Å². The molecule has 3 nitrogen and oxygen atoms in total. The van der Waals surface area contributed by atoms with Crippen LogP contribution in [-0.2, 0) is 0 Å². The van der Waals surface area contributed by atoms with Crippen molar-refractivity contribution in [2.24, 2.45) is 0 Å². The standard InChI is InChI=1S/C13H8BrClF2N2O/c14-10-5-8(17)6-11(15)12(10)19-13(20)18-9-3-1-2-7(16)4-9/h1-6H,(H2,18,19,20). The molecule has 2 aromatic rings. The minimum absolute atomic E-state index is 0.0475. The summed E-state index contributed by atoms with van der Waals surface area (Å²) >= 11 is 8.93. The van der Waals surface area contributed by atoms with Gasteiger partial charge in [-0.25, -0.2) is 13.6 Å². The summed E-state index contributed by atoms with van der Waals surface area (Å²) in [5, 5.41) is 4.94. The zero-order valence-electron chi connectivity index (χ0n) is 9.88. The molecule has 2 N–H and O–H groups in total. The zero-order chi connectivity index (χ0) is 14.7. The van der Waals surface area contributed by atoms with Crippen LogP contribution in [0.3, 0.4) is 0 Å². The summed E-state index contributed by atoms with van der Waals surface area (Å²) in [6.07, 6.45) is 0. The zero-order valence-corrected chi connectivity index (χ0v) is 12.2. The van der Waals surface area contributed by atoms with Crippen LogP contribution in [0.15, 0.2) is 40.9 Å². The van der Waals surface area contributed by atoms with Crippen molar-refractivity contribution in [3.63, 3.8) is 0 Å². The number of carbonyl (C=O) groups is 1. The summed E-state index contributed by atoms with van der Waals surface area (Å²) in [6, 6.07) is 7.05. The fraction of sp³-hybridized carbons (Fsp3) is 0. The van der Waals surface area contributed by atoms with Gasteiger partial charge in [0.15, 0.2) is 0 Å². The van der Waals surface area contributed by atoms with Gasteiger partial charge in [-0.2, -0.15) is 0 Å². The molecule has 0 spiro atoms. The third-order valence-corrected chi connectivity index (χ3v) is 3.25. The molecule has 104 valence electrons. The second-order valence-electron chi connectivity index (χ2n) is 3.83. The number of hydrogen-bond donors (Lipinski definition) is 2. The molecule has 0 radical (unpaired) electrons. The third kappa shape index (κ3) is 3.68. The Morgan fingerprint density at radius 1 is 1.10 bits per heavy atom. The number of amides is 2. The Morgan fingerprint density at radius 2 is 1.85 bits per heavy atom. The molecule has 0 saturated heterocycles. The Labute approximate surface area is 127 Å². The molecule has 0 fully saturated rings. The summed E-state index contributed by atoms with van der Waals surface area (Å²) in [5.41, 5.74) is 0.513. The highest BCUT2D eigenvalue weighted by Gasteiger charge is 2.11. The normalized spacial score (nSPS) is 10.2. The first-order valence-electron chi connectivity index (χ1n) is 5.44. The lowest BCUT2D eigenvalue weighted by Crippen LogP contribution is -2.20. The highest BCUT2D eigenvalue weighted by Crippen LogP contribution is 2.31. The topological polar surface area (TPSA) is 41.1 Å². The number of anilines is 2. The van der Waals surface area contributed by atoms with Crippen molar-refractivity contribution in [3.05, 3.63) is 57.5 Å². The van der Waals surface area contributed by atoms with Gasteiger partial charge in [-0.3, -0.25) is 0 Å². The van der Waals surface area contributed by atoms with E-state index >= 15 is 0 Å². The van der Waals surface area contributed by atoms with E-state index in [1.807, 2.05) is 0 Å². The van der Waals surface area contributed by atoms with Crippen molar-refractivity contribution < 1.29 is 13.6 Å². The van der Waals surface area contributed by atoms with Gasteiger partial charge in [0, 0.05) is 10.2 Å². The molecule has 0 saturated carbocycles. The summed E-state index contributed by atoms with van der Waals surface area (Å²) in [7, 11) is 0. The maximum atomic E-state index is 13.1. The molecule has 2 rings (SSSR count). The van der Waals surface area contributed by atoms with E-state index in [1.165, 1.54) is 30.3 Å². The van der Waals surface area contributed by atoms with Crippen LogP contribution >= 0.6 is 27.5 Å². The Bertz CT molecular complexity index is 644. The van der Waals surface area contributed by atoms with Gasteiger partial charge in [-0.05, 0) is 46.3 Å². The van der Waals surface area contributed by atoms with Crippen LogP contribution in [0.4, 0.5) is 25.0 Å². The Hall–Kier alpha value is -1.66. The number of benzene rings is 2. The first-order valence-corrected chi connectivity index (χ1v) is 6.61. The number of carbonyl (C=O) groups excluding carboxylic acids is 1. The molecule has 0 heterocycles. The molecule has 20 heavy (non-hydrogen) atoms. The number of urea groups is 1. The fourth-order valence-corrected chi connectivity index (χ4v) is 2.40. The predicted molar refractivity (Wildman–Crippen MR) is 78.2 cm³/mol. The van der Waals surface area contributed by atoms with Crippen molar-refractivity contribution in [2.75, 3.05) is 10.6 Å². The van der Waals surface area contributed by atoms with E-state index in [0.717, 1.165) is 6.07 Å². The van der Waals surface area contributed by atoms with Crippen LogP contribution in [0, 0.1) is 11.6 Å². The van der Waals surface area contributed by atoms with Gasteiger partial charge in [0.05, 0.1) is 10.7 Å². The average molecular weight is 362 g/mol. The first-order chi connectivity index (χ1) is 9.45. The van der Waals surface area contributed by atoms with Crippen molar-refractivity contribution in [1.82, 2.24) is 0 Å². The van der Waals surface area contributed by atoms with E-state index in [4.69, 9.17) is 11.6 Å². The summed E-state index contributed by atoms with van der Waals surface area (Å²) in [6.45, 7) is 0. The van der Waals surface area contributed by atoms with E-state index in [2.05, 4.69) is 26.6 Å². The van der Waals surface area contributed by atoms with Gasteiger partial charge in [-0.15, -0.1) is 0 Å². The van der Waals surface area contributed by atoms with E-state index in [1.54, 1.807) is 0 Å². The van der Waals surface area contributed by atoms with Crippen LogP contribution in [0.2, 0.25) is 5.02 Å². The lowest BCUT2D eigenvalue weighted by Gasteiger charge is -2.11. The maximum Gasteiger partial charge on any atom is 0.323 e. The number of halogens is 4. The molecule has 2 aromatic carbocycles. The van der Waals surface area contributed by atoms with Crippen LogP contribution in [0.25, 0.3) is 0 Å². The van der Waals surface area contributed by atoms with E-state index in [-0.39, 0.29) is 16.4 Å². The molecule has 0 aliphatic carbocycles. The van der Waals surface area contributed by atoms with Crippen LogP contribution in [0.5, 0.6) is 0 Å². The lowest BCUT2D eigenvalue weighted by atomic mass is 10.3. The van der Waals surface area contributed by atoms with E-state index in [0.29, 0.717) is 4.47 Å². The minimum atomic E-state index is -0.621. The molecule has 7 heteroatoms. The average Bonchev–Trinajstić information content (AvgIpc) is 2.33. The first kappa shape index (κ1) is 14.7. The summed E-state index contributed by atoms with van der Waals surface area (Å²) < 4.78 is 26.3. The van der Waals surface area contributed by atoms with Crippen LogP contribution in [-0.4, -0.2) is 6.03 Å². The third-order valence-electron chi connectivity index (χ3n) is 2.33. The summed E-state index contributed by atoms with van der Waals surface area (Å²) in [5.74, 6) is -0.998. The van der Waals surface area contributed by atoms with E-state index in [9.17, 15) is 13.6 Å². The lowest BCUT2D eigenvalue weighted by molar-refractivity contribution is 0.262. The van der Waals surface area contributed by atoms with Crippen molar-refractivity contribution in [1.29, 1.82) is 0 Å². The number of rotatable bonds is 2. The molecule has 0 unspecified atom stereocenters. The Balaban J connectivity index is 2.13. The van der Waals surface area contributed by atoms with Gasteiger partial charge in [0.25, 0.3) is 0 Å². The smallest absolute Gasteiger partial charge is 0.308 e. The fourth-order valence-electron chi connectivity index (χ4n) is 1.50. The highest BCUT2D eigenvalue weighted by molar-refractivity contribution is 9.10. The molecule has 0 aliphatic rings. The number of hydrogen-bond acceptors (Lipinski definition) is 1. The van der Waals surface area contributed by atoms with Gasteiger partial charge in [-0.1, -0.05) is 17.7 Å². The van der Waals surface area contributed by atoms with Gasteiger partial charge < -0.3 is 10.6 Å². The SMILES string of the molecule is O=C(Nc1cccc(F)c1)Nc1c(Cl)cc(F)cc1Br. The molecular weight excluding hydrogens is 354 g/mol. The van der Waals surface area contributed by atoms with Crippen LogP contribution < -0.4 is 10.6 Å². The predicted octanol–water partition coefficient (Wildman–Crippen LogP) is 5.02. The van der Waals surface area contributed by atoms with Crippen molar-refractivity contribution >= 4 is 44.9 Å². The monoisotopic (exact) mass is 360 g/mol. The molecule has 0 aromatic heterocycles. The minimum Gasteiger partial charge on any atom is -0.308 e. The Kier molecular flexibility index (Phi) is 4.57. The molecular formula is C13H8BrClF2N2O. The quantitative estimate of drug-likeness (QED) is 0.774. The van der Waals surface area contributed by atoms with Gasteiger partial charge in [0.2, 0.25) is 0 Å². The molecule has 0 atom stereocenters. The van der Waals surface area contributed by atoms with Crippen molar-refractivity contribution in [3.8, 4) is 0 Å².